The van der Waals surface area contributed by atoms with Gasteiger partial charge in [0.2, 0.25) is 11.8 Å². The first-order valence-electron chi connectivity index (χ1n) is 9.60. The van der Waals surface area contributed by atoms with Crippen LogP contribution in [-0.2, 0) is 9.59 Å². The van der Waals surface area contributed by atoms with Gasteiger partial charge in [0, 0.05) is 25.2 Å². The minimum absolute atomic E-state index is 0.0233. The quantitative estimate of drug-likeness (QED) is 0.775. The summed E-state index contributed by atoms with van der Waals surface area (Å²) < 4.78 is 0. The number of hydrogen-bond donors (Lipinski definition) is 1. The first-order valence-corrected chi connectivity index (χ1v) is 9.60. The maximum Gasteiger partial charge on any atom is 0.227 e. The topological polar surface area (TPSA) is 49.4 Å². The molecule has 1 aromatic rings. The molecule has 1 aliphatic rings. The van der Waals surface area contributed by atoms with Crippen molar-refractivity contribution in [2.45, 2.75) is 59.8 Å². The van der Waals surface area contributed by atoms with Gasteiger partial charge in [0.1, 0.15) is 0 Å². The van der Waals surface area contributed by atoms with Gasteiger partial charge in [0.05, 0.1) is 5.92 Å². The summed E-state index contributed by atoms with van der Waals surface area (Å²) in [5, 5.41) is 3.08. The summed E-state index contributed by atoms with van der Waals surface area (Å²) in [4.78, 5) is 26.7. The Morgan fingerprint density at radius 2 is 1.92 bits per heavy atom. The van der Waals surface area contributed by atoms with Crippen molar-refractivity contribution in [3.05, 3.63) is 29.3 Å². The summed E-state index contributed by atoms with van der Waals surface area (Å²) >= 11 is 0. The highest BCUT2D eigenvalue weighted by atomic mass is 16.2. The number of amides is 2. The van der Waals surface area contributed by atoms with Gasteiger partial charge in [0.25, 0.3) is 0 Å². The van der Waals surface area contributed by atoms with E-state index in [1.54, 1.807) is 4.90 Å². The van der Waals surface area contributed by atoms with Crippen molar-refractivity contribution < 1.29 is 9.59 Å². The number of benzene rings is 1. The second-order valence-electron chi connectivity index (χ2n) is 7.41. The largest absolute Gasteiger partial charge is 0.356 e. The lowest BCUT2D eigenvalue weighted by molar-refractivity contribution is -0.126. The van der Waals surface area contributed by atoms with Crippen LogP contribution in [-0.4, -0.2) is 24.9 Å². The Bertz CT molecular complexity index is 592. The fourth-order valence-corrected chi connectivity index (χ4v) is 3.57. The van der Waals surface area contributed by atoms with Gasteiger partial charge in [-0.15, -0.1) is 0 Å². The molecule has 1 aromatic carbocycles. The van der Waals surface area contributed by atoms with Crippen LogP contribution in [0.25, 0.3) is 0 Å². The summed E-state index contributed by atoms with van der Waals surface area (Å²) in [7, 11) is 0. The molecule has 1 aliphatic heterocycles. The maximum atomic E-state index is 12.5. The molecule has 2 atom stereocenters. The minimum atomic E-state index is -0.239. The lowest BCUT2D eigenvalue weighted by Gasteiger charge is -2.19. The lowest BCUT2D eigenvalue weighted by atomic mass is 9.99. The van der Waals surface area contributed by atoms with E-state index < -0.39 is 0 Å². The van der Waals surface area contributed by atoms with Crippen molar-refractivity contribution in [3.63, 3.8) is 0 Å². The molecule has 1 saturated heterocycles. The third-order valence-electron chi connectivity index (χ3n) is 5.12. The minimum Gasteiger partial charge on any atom is -0.356 e. The van der Waals surface area contributed by atoms with Gasteiger partial charge in [0.15, 0.2) is 0 Å². The third-order valence-corrected chi connectivity index (χ3v) is 5.12. The normalized spacial score (nSPS) is 18.5. The SMILES string of the molecule is CCCCC(CC)CNC(=O)C1CC(=O)N(c2cc(C)cc(C)c2)C1. The molecule has 138 valence electrons. The van der Waals surface area contributed by atoms with Crippen molar-refractivity contribution in [1.82, 2.24) is 5.32 Å². The highest BCUT2D eigenvalue weighted by Gasteiger charge is 2.35. The second kappa shape index (κ2) is 9.02. The van der Waals surface area contributed by atoms with Crippen LogP contribution in [0, 0.1) is 25.7 Å². The Morgan fingerprint density at radius 1 is 1.24 bits per heavy atom. The molecule has 0 aliphatic carbocycles. The summed E-state index contributed by atoms with van der Waals surface area (Å²) in [5.41, 5.74) is 3.18. The zero-order chi connectivity index (χ0) is 18.4. The number of nitrogens with zero attached hydrogens (tertiary/aromatic N) is 1. The number of nitrogens with one attached hydrogen (secondary N) is 1. The van der Waals surface area contributed by atoms with Gasteiger partial charge in [-0.05, 0) is 49.4 Å². The Morgan fingerprint density at radius 3 is 2.52 bits per heavy atom. The van der Waals surface area contributed by atoms with Crippen LogP contribution in [0.2, 0.25) is 0 Å². The second-order valence-corrected chi connectivity index (χ2v) is 7.41. The molecule has 2 amide bonds. The molecule has 1 heterocycles. The van der Waals surface area contributed by atoms with Gasteiger partial charge < -0.3 is 10.2 Å². The van der Waals surface area contributed by atoms with Gasteiger partial charge in [-0.2, -0.15) is 0 Å². The van der Waals surface area contributed by atoms with Crippen molar-refractivity contribution in [2.75, 3.05) is 18.0 Å². The lowest BCUT2D eigenvalue weighted by Crippen LogP contribution is -2.35. The molecule has 4 heteroatoms. The number of carbonyl (C=O) groups excluding carboxylic acids is 2. The van der Waals surface area contributed by atoms with E-state index in [-0.39, 0.29) is 17.7 Å². The van der Waals surface area contributed by atoms with Crippen LogP contribution in [0.5, 0.6) is 0 Å². The number of hydrogen-bond acceptors (Lipinski definition) is 2. The molecule has 4 nitrogen and oxygen atoms in total. The fraction of sp³-hybridized carbons (Fsp3) is 0.619. The monoisotopic (exact) mass is 344 g/mol. The van der Waals surface area contributed by atoms with Gasteiger partial charge >= 0.3 is 0 Å². The van der Waals surface area contributed by atoms with Crippen LogP contribution < -0.4 is 10.2 Å². The number of rotatable bonds is 8. The molecule has 25 heavy (non-hydrogen) atoms. The van der Waals surface area contributed by atoms with Crippen LogP contribution in [0.1, 0.15) is 57.1 Å². The molecule has 1 N–H and O–H groups in total. The predicted octanol–water partition coefficient (Wildman–Crippen LogP) is 3.99. The molecule has 0 bridgehead atoms. The van der Waals surface area contributed by atoms with Crippen LogP contribution in [0.15, 0.2) is 18.2 Å². The highest BCUT2D eigenvalue weighted by Crippen LogP contribution is 2.27. The molecule has 2 unspecified atom stereocenters. The van der Waals surface area contributed by atoms with E-state index >= 15 is 0 Å². The van der Waals surface area contributed by atoms with E-state index in [1.165, 1.54) is 12.8 Å². The van der Waals surface area contributed by atoms with Crippen molar-refractivity contribution in [3.8, 4) is 0 Å². The molecular weight excluding hydrogens is 312 g/mol. The molecule has 0 aromatic heterocycles. The van der Waals surface area contributed by atoms with Crippen LogP contribution in [0.3, 0.4) is 0 Å². The molecule has 0 saturated carbocycles. The van der Waals surface area contributed by atoms with Crippen LogP contribution >= 0.6 is 0 Å². The third kappa shape index (κ3) is 5.32. The summed E-state index contributed by atoms with van der Waals surface area (Å²) in [6.07, 6.45) is 4.94. The standard InChI is InChI=1S/C21H32N2O2/c1-5-7-8-17(6-2)13-22-21(25)18-12-20(24)23(14-18)19-10-15(3)9-16(4)11-19/h9-11,17-18H,5-8,12-14H2,1-4H3,(H,22,25). The summed E-state index contributed by atoms with van der Waals surface area (Å²) in [5.74, 6) is 0.367. The zero-order valence-corrected chi connectivity index (χ0v) is 16.1. The van der Waals surface area contributed by atoms with E-state index in [4.69, 9.17) is 0 Å². The molecule has 2 rings (SSSR count). The Labute approximate surface area is 152 Å². The van der Waals surface area contributed by atoms with Crippen molar-refractivity contribution in [1.29, 1.82) is 0 Å². The molecule has 0 spiro atoms. The summed E-state index contributed by atoms with van der Waals surface area (Å²) in [6, 6.07) is 6.13. The van der Waals surface area contributed by atoms with Crippen molar-refractivity contribution >= 4 is 17.5 Å². The number of anilines is 1. The molecular formula is C21H32N2O2. The van der Waals surface area contributed by atoms with Crippen molar-refractivity contribution in [2.24, 2.45) is 11.8 Å². The van der Waals surface area contributed by atoms with E-state index in [2.05, 4.69) is 25.2 Å². The van der Waals surface area contributed by atoms with Gasteiger partial charge in [-0.3, -0.25) is 9.59 Å². The zero-order valence-electron chi connectivity index (χ0n) is 16.1. The van der Waals surface area contributed by atoms with E-state index in [9.17, 15) is 9.59 Å². The average molecular weight is 344 g/mol. The van der Waals surface area contributed by atoms with Crippen LogP contribution in [0.4, 0.5) is 5.69 Å². The van der Waals surface area contributed by atoms with Gasteiger partial charge in [-0.25, -0.2) is 0 Å². The smallest absolute Gasteiger partial charge is 0.227 e. The average Bonchev–Trinajstić information content (AvgIpc) is 2.96. The number of unbranched alkanes of at least 4 members (excludes halogenated alkanes) is 1. The maximum absolute atomic E-state index is 12.5. The van der Waals surface area contributed by atoms with Gasteiger partial charge in [-0.1, -0.05) is 39.2 Å². The summed E-state index contributed by atoms with van der Waals surface area (Å²) in [6.45, 7) is 9.64. The Kier molecular flexibility index (Phi) is 7.03. The molecule has 0 radical (unpaired) electrons. The first kappa shape index (κ1) is 19.5. The number of aryl methyl sites for hydroxylation is 2. The number of carbonyl (C=O) groups is 2. The Balaban J connectivity index is 1.93. The van der Waals surface area contributed by atoms with E-state index in [0.29, 0.717) is 18.9 Å². The first-order chi connectivity index (χ1) is 11.9. The van der Waals surface area contributed by atoms with E-state index in [0.717, 1.165) is 36.2 Å². The highest BCUT2D eigenvalue weighted by molar-refractivity contribution is 6.00. The Hall–Kier alpha value is -1.84. The van der Waals surface area contributed by atoms with E-state index in [1.807, 2.05) is 26.0 Å². The predicted molar refractivity (Wildman–Crippen MR) is 103 cm³/mol. The molecule has 1 fully saturated rings. The fourth-order valence-electron chi connectivity index (χ4n) is 3.57.